The summed E-state index contributed by atoms with van der Waals surface area (Å²) in [7, 11) is -2.20. The standard InChI is InChI=1S/C6H15O3P/c1-5(6(2,3)4)9-10(7)8/h5,7-8H,1-4H3. The Morgan fingerprint density at radius 3 is 1.80 bits per heavy atom. The van der Waals surface area contributed by atoms with Gasteiger partial charge in [0.15, 0.2) is 0 Å². The second-order valence-corrected chi connectivity index (χ2v) is 4.08. The van der Waals surface area contributed by atoms with Crippen LogP contribution in [0.4, 0.5) is 0 Å². The van der Waals surface area contributed by atoms with Gasteiger partial charge in [-0.2, -0.15) is 0 Å². The maximum atomic E-state index is 8.48. The summed E-state index contributed by atoms with van der Waals surface area (Å²) in [4.78, 5) is 17.0. The van der Waals surface area contributed by atoms with Crippen LogP contribution in [0.3, 0.4) is 0 Å². The van der Waals surface area contributed by atoms with E-state index in [2.05, 4.69) is 0 Å². The van der Waals surface area contributed by atoms with E-state index in [0.29, 0.717) is 0 Å². The van der Waals surface area contributed by atoms with E-state index >= 15 is 0 Å². The van der Waals surface area contributed by atoms with E-state index < -0.39 is 8.60 Å². The van der Waals surface area contributed by atoms with E-state index in [9.17, 15) is 0 Å². The summed E-state index contributed by atoms with van der Waals surface area (Å²) >= 11 is 0. The first-order valence-corrected chi connectivity index (χ1v) is 4.35. The molecule has 0 saturated carbocycles. The highest BCUT2D eigenvalue weighted by atomic mass is 31.2. The highest BCUT2D eigenvalue weighted by Gasteiger charge is 2.22. The molecule has 0 aliphatic heterocycles. The van der Waals surface area contributed by atoms with Gasteiger partial charge in [0.2, 0.25) is 0 Å². The molecule has 0 aliphatic rings. The zero-order valence-electron chi connectivity index (χ0n) is 6.83. The maximum absolute atomic E-state index is 8.48. The van der Waals surface area contributed by atoms with Crippen molar-refractivity contribution in [1.29, 1.82) is 0 Å². The summed E-state index contributed by atoms with van der Waals surface area (Å²) in [5.74, 6) is 0. The molecule has 0 aliphatic carbocycles. The highest BCUT2D eigenvalue weighted by Crippen LogP contribution is 2.33. The van der Waals surface area contributed by atoms with Gasteiger partial charge in [0.1, 0.15) is 0 Å². The third-order valence-corrected chi connectivity index (χ3v) is 1.98. The van der Waals surface area contributed by atoms with Crippen molar-refractivity contribution in [3.05, 3.63) is 0 Å². The number of rotatable bonds is 2. The third kappa shape index (κ3) is 4.18. The van der Waals surface area contributed by atoms with Crippen molar-refractivity contribution in [2.24, 2.45) is 5.41 Å². The van der Waals surface area contributed by atoms with Gasteiger partial charge >= 0.3 is 8.60 Å². The summed E-state index contributed by atoms with van der Waals surface area (Å²) < 4.78 is 4.79. The van der Waals surface area contributed by atoms with Crippen LogP contribution in [0.1, 0.15) is 27.7 Å². The predicted octanol–water partition coefficient (Wildman–Crippen LogP) is 1.65. The molecular weight excluding hydrogens is 151 g/mol. The first-order chi connectivity index (χ1) is 4.34. The Hall–Kier alpha value is 0.310. The van der Waals surface area contributed by atoms with Crippen LogP contribution in [0.5, 0.6) is 0 Å². The summed E-state index contributed by atoms with van der Waals surface area (Å²) in [6.07, 6.45) is -0.131. The average Bonchev–Trinajstić information content (AvgIpc) is 1.60. The van der Waals surface area contributed by atoms with Crippen LogP contribution in [0.15, 0.2) is 0 Å². The Bertz CT molecular complexity index is 97.7. The minimum Gasteiger partial charge on any atom is -0.328 e. The fourth-order valence-corrected chi connectivity index (χ4v) is 0.899. The van der Waals surface area contributed by atoms with Gasteiger partial charge in [0.25, 0.3) is 0 Å². The molecule has 1 unspecified atom stereocenters. The fraction of sp³-hybridized carbons (Fsp3) is 1.00. The molecule has 4 heteroatoms. The molecule has 0 aromatic rings. The number of hydrogen-bond acceptors (Lipinski definition) is 3. The molecule has 0 aromatic carbocycles. The third-order valence-electron chi connectivity index (χ3n) is 1.47. The first-order valence-electron chi connectivity index (χ1n) is 3.18. The molecule has 0 bridgehead atoms. The summed E-state index contributed by atoms with van der Waals surface area (Å²) in [6.45, 7) is 7.77. The van der Waals surface area contributed by atoms with Crippen molar-refractivity contribution in [1.82, 2.24) is 0 Å². The molecular formula is C6H15O3P. The topological polar surface area (TPSA) is 49.7 Å². The fourth-order valence-electron chi connectivity index (χ4n) is 0.300. The summed E-state index contributed by atoms with van der Waals surface area (Å²) in [5, 5.41) is 0. The molecule has 0 aromatic heterocycles. The lowest BCUT2D eigenvalue weighted by Gasteiger charge is -2.26. The second kappa shape index (κ2) is 3.63. The summed E-state index contributed by atoms with van der Waals surface area (Å²) in [6, 6.07) is 0. The van der Waals surface area contributed by atoms with E-state index in [0.717, 1.165) is 0 Å². The number of hydrogen-bond donors (Lipinski definition) is 2. The molecule has 0 spiro atoms. The zero-order chi connectivity index (χ0) is 8.36. The van der Waals surface area contributed by atoms with E-state index in [1.807, 2.05) is 27.7 Å². The monoisotopic (exact) mass is 166 g/mol. The van der Waals surface area contributed by atoms with E-state index in [1.165, 1.54) is 0 Å². The van der Waals surface area contributed by atoms with Gasteiger partial charge in [-0.3, -0.25) is 0 Å². The van der Waals surface area contributed by atoms with Crippen LogP contribution in [0.2, 0.25) is 0 Å². The first kappa shape index (κ1) is 10.3. The second-order valence-electron chi connectivity index (χ2n) is 3.37. The van der Waals surface area contributed by atoms with Crippen molar-refractivity contribution < 1.29 is 14.3 Å². The van der Waals surface area contributed by atoms with Crippen molar-refractivity contribution in [2.45, 2.75) is 33.8 Å². The lowest BCUT2D eigenvalue weighted by Crippen LogP contribution is -2.24. The Kier molecular flexibility index (Phi) is 3.74. The van der Waals surface area contributed by atoms with Crippen LogP contribution in [0, 0.1) is 5.41 Å². The van der Waals surface area contributed by atoms with Crippen LogP contribution in [-0.2, 0) is 4.52 Å². The highest BCUT2D eigenvalue weighted by molar-refractivity contribution is 7.39. The van der Waals surface area contributed by atoms with Gasteiger partial charge in [-0.15, -0.1) is 0 Å². The maximum Gasteiger partial charge on any atom is 0.327 e. The molecule has 62 valence electrons. The van der Waals surface area contributed by atoms with Crippen LogP contribution in [-0.4, -0.2) is 15.9 Å². The van der Waals surface area contributed by atoms with Gasteiger partial charge in [-0.05, 0) is 12.3 Å². The Balaban J connectivity index is 3.73. The van der Waals surface area contributed by atoms with E-state index in [1.54, 1.807) is 0 Å². The largest absolute Gasteiger partial charge is 0.328 e. The minimum absolute atomic E-state index is 0.0357. The van der Waals surface area contributed by atoms with Crippen LogP contribution >= 0.6 is 8.60 Å². The molecule has 0 radical (unpaired) electrons. The molecule has 2 N–H and O–H groups in total. The lowest BCUT2D eigenvalue weighted by molar-refractivity contribution is 0.0882. The van der Waals surface area contributed by atoms with Crippen molar-refractivity contribution in [3.8, 4) is 0 Å². The zero-order valence-corrected chi connectivity index (χ0v) is 7.72. The molecule has 10 heavy (non-hydrogen) atoms. The molecule has 0 amide bonds. The minimum atomic E-state index is -2.20. The van der Waals surface area contributed by atoms with Gasteiger partial charge in [-0.1, -0.05) is 20.8 Å². The molecule has 1 atom stereocenters. The molecule has 3 nitrogen and oxygen atoms in total. The van der Waals surface area contributed by atoms with E-state index in [-0.39, 0.29) is 11.5 Å². The van der Waals surface area contributed by atoms with Crippen LogP contribution in [0.25, 0.3) is 0 Å². The quantitative estimate of drug-likeness (QED) is 0.613. The van der Waals surface area contributed by atoms with Crippen molar-refractivity contribution >= 4 is 8.60 Å². The predicted molar refractivity (Wildman–Crippen MR) is 41.4 cm³/mol. The molecule has 0 heterocycles. The SMILES string of the molecule is CC(OP(O)O)C(C)(C)C. The normalized spacial score (nSPS) is 15.9. The molecule has 0 fully saturated rings. The molecule has 0 saturated heterocycles. The van der Waals surface area contributed by atoms with Gasteiger partial charge in [-0.25, -0.2) is 0 Å². The van der Waals surface area contributed by atoms with Gasteiger partial charge in [0, 0.05) is 0 Å². The van der Waals surface area contributed by atoms with Gasteiger partial charge < -0.3 is 14.3 Å². The molecule has 0 rings (SSSR count). The Morgan fingerprint density at radius 1 is 1.30 bits per heavy atom. The summed E-state index contributed by atoms with van der Waals surface area (Å²) in [5.41, 5.74) is -0.0357. The smallest absolute Gasteiger partial charge is 0.327 e. The van der Waals surface area contributed by atoms with Gasteiger partial charge in [0.05, 0.1) is 6.10 Å². The van der Waals surface area contributed by atoms with Crippen molar-refractivity contribution in [3.63, 3.8) is 0 Å². The Labute approximate surface area is 63.0 Å². The Morgan fingerprint density at radius 2 is 1.70 bits per heavy atom. The lowest BCUT2D eigenvalue weighted by atomic mass is 9.91. The van der Waals surface area contributed by atoms with Crippen molar-refractivity contribution in [2.75, 3.05) is 0 Å². The average molecular weight is 166 g/mol. The van der Waals surface area contributed by atoms with Crippen LogP contribution < -0.4 is 0 Å². The van der Waals surface area contributed by atoms with E-state index in [4.69, 9.17) is 14.3 Å².